The van der Waals surface area contributed by atoms with Crippen molar-refractivity contribution < 1.29 is 9.53 Å². The van der Waals surface area contributed by atoms with Crippen LogP contribution in [0.15, 0.2) is 90.0 Å². The lowest BCUT2D eigenvalue weighted by Gasteiger charge is -2.22. The van der Waals surface area contributed by atoms with Crippen molar-refractivity contribution in [3.05, 3.63) is 113 Å². The number of halogens is 1. The Balaban J connectivity index is 1.33. The van der Waals surface area contributed by atoms with Crippen molar-refractivity contribution >= 4 is 40.6 Å². The van der Waals surface area contributed by atoms with E-state index in [2.05, 4.69) is 46.8 Å². The fraction of sp³-hybridized carbons (Fsp3) is 0.188. The maximum absolute atomic E-state index is 11.7. The van der Waals surface area contributed by atoms with Crippen LogP contribution in [0.4, 0.5) is 0 Å². The molecule has 5 aromatic rings. The molecule has 190 valence electrons. The van der Waals surface area contributed by atoms with E-state index in [0.717, 1.165) is 57.1 Å². The van der Waals surface area contributed by atoms with Gasteiger partial charge < -0.3 is 14.1 Å². The van der Waals surface area contributed by atoms with Crippen LogP contribution < -0.4 is 4.74 Å². The largest absolute Gasteiger partial charge is 0.487 e. The molecule has 1 unspecified atom stereocenters. The van der Waals surface area contributed by atoms with Crippen LogP contribution in [0.25, 0.3) is 22.0 Å². The summed E-state index contributed by atoms with van der Waals surface area (Å²) in [5.41, 5.74) is 7.69. The summed E-state index contributed by atoms with van der Waals surface area (Å²) in [6.45, 7) is 3.32. The summed E-state index contributed by atoms with van der Waals surface area (Å²) in [5, 5.41) is 2.31. The Hall–Kier alpha value is -3.54. The third-order valence-corrected chi connectivity index (χ3v) is 8.50. The number of nitrogens with zero attached hydrogens (tertiary/aromatic N) is 2. The summed E-state index contributed by atoms with van der Waals surface area (Å²) in [6.07, 6.45) is 4.20. The summed E-state index contributed by atoms with van der Waals surface area (Å²) >= 11 is 7.97. The number of hydrogen-bond acceptors (Lipinski definition) is 4. The maximum Gasteiger partial charge on any atom is 0.130 e. The summed E-state index contributed by atoms with van der Waals surface area (Å²) in [6, 6.07) is 26.5. The Morgan fingerprint density at radius 2 is 1.84 bits per heavy atom. The SMILES string of the molecule is CC1Cc2c(OCc3ccc(-c4ccccc4)cn3)ccc3c2c(c(CC=O)n3Cc2ccc(Cl)cc2)S1. The van der Waals surface area contributed by atoms with Crippen LogP contribution in [0.5, 0.6) is 5.75 Å². The molecule has 3 heterocycles. The van der Waals surface area contributed by atoms with Crippen LogP contribution in [-0.4, -0.2) is 21.1 Å². The number of aromatic nitrogens is 2. The van der Waals surface area contributed by atoms with Gasteiger partial charge in [0.05, 0.1) is 11.2 Å². The maximum atomic E-state index is 11.7. The van der Waals surface area contributed by atoms with Crippen molar-refractivity contribution in [1.82, 2.24) is 9.55 Å². The summed E-state index contributed by atoms with van der Waals surface area (Å²) in [7, 11) is 0. The van der Waals surface area contributed by atoms with Crippen molar-refractivity contribution in [2.75, 3.05) is 0 Å². The molecule has 0 aliphatic carbocycles. The van der Waals surface area contributed by atoms with Crippen molar-refractivity contribution in [3.8, 4) is 16.9 Å². The Labute approximate surface area is 231 Å². The van der Waals surface area contributed by atoms with Crippen LogP contribution in [0.1, 0.15) is 29.4 Å². The zero-order chi connectivity index (χ0) is 26.1. The van der Waals surface area contributed by atoms with Gasteiger partial charge in [-0.05, 0) is 47.9 Å². The second-order valence-electron chi connectivity index (χ2n) is 9.62. The fourth-order valence-corrected chi connectivity index (χ4v) is 6.65. The van der Waals surface area contributed by atoms with E-state index in [0.29, 0.717) is 24.8 Å². The van der Waals surface area contributed by atoms with Gasteiger partial charge in [0.2, 0.25) is 0 Å². The molecule has 6 rings (SSSR count). The number of hydrogen-bond donors (Lipinski definition) is 0. The second kappa shape index (κ2) is 10.7. The molecule has 2 aromatic heterocycles. The highest BCUT2D eigenvalue weighted by atomic mass is 35.5. The normalized spacial score (nSPS) is 14.5. The van der Waals surface area contributed by atoms with Gasteiger partial charge in [0, 0.05) is 56.5 Å². The van der Waals surface area contributed by atoms with E-state index >= 15 is 0 Å². The first-order chi connectivity index (χ1) is 18.6. The minimum Gasteiger partial charge on any atom is -0.487 e. The second-order valence-corrected chi connectivity index (χ2v) is 11.5. The first kappa shape index (κ1) is 24.8. The van der Waals surface area contributed by atoms with E-state index in [4.69, 9.17) is 16.3 Å². The van der Waals surface area contributed by atoms with Gasteiger partial charge in [0.25, 0.3) is 0 Å². The van der Waals surface area contributed by atoms with E-state index in [9.17, 15) is 4.79 Å². The van der Waals surface area contributed by atoms with Crippen LogP contribution in [0, 0.1) is 0 Å². The lowest BCUT2D eigenvalue weighted by atomic mass is 10.0. The molecule has 0 fully saturated rings. The van der Waals surface area contributed by atoms with Crippen molar-refractivity contribution in [2.45, 2.75) is 43.1 Å². The zero-order valence-corrected chi connectivity index (χ0v) is 22.6. The van der Waals surface area contributed by atoms with Gasteiger partial charge in [-0.15, -0.1) is 11.8 Å². The number of aldehydes is 1. The number of carbonyl (C=O) groups is 1. The molecule has 6 heteroatoms. The molecule has 0 bridgehead atoms. The third-order valence-electron chi connectivity index (χ3n) is 7.00. The molecular weight excluding hydrogens is 512 g/mol. The van der Waals surface area contributed by atoms with E-state index in [1.54, 1.807) is 0 Å². The molecular formula is C32H27ClN2O2S. The standard InChI is InChI=1S/C32H27ClN2O2S/c1-21-17-27-30(37-20-26-12-9-24(18-34-26)23-5-3-2-4-6-23)14-13-28-31(27)32(38-21)29(15-16-36)35(28)19-22-7-10-25(33)11-8-22/h2-14,16,18,21H,15,17,19-20H2,1H3. The van der Waals surface area contributed by atoms with Crippen molar-refractivity contribution in [2.24, 2.45) is 0 Å². The van der Waals surface area contributed by atoms with E-state index in [1.807, 2.05) is 66.5 Å². The Bertz CT molecular complexity index is 1600. The third kappa shape index (κ3) is 4.84. The number of pyridine rings is 1. The first-order valence-electron chi connectivity index (χ1n) is 12.8. The molecule has 0 saturated heterocycles. The lowest BCUT2D eigenvalue weighted by Crippen LogP contribution is -2.10. The molecule has 4 nitrogen and oxygen atoms in total. The minimum absolute atomic E-state index is 0.380. The van der Waals surface area contributed by atoms with Crippen molar-refractivity contribution in [1.29, 1.82) is 0 Å². The number of ether oxygens (including phenoxy) is 1. The van der Waals surface area contributed by atoms with Crippen LogP contribution in [0.3, 0.4) is 0 Å². The lowest BCUT2D eigenvalue weighted by molar-refractivity contribution is -0.107. The van der Waals surface area contributed by atoms with Crippen molar-refractivity contribution in [3.63, 3.8) is 0 Å². The van der Waals surface area contributed by atoms with E-state index in [-0.39, 0.29) is 0 Å². The molecule has 1 aliphatic rings. The molecule has 0 saturated carbocycles. The first-order valence-corrected chi connectivity index (χ1v) is 14.0. The summed E-state index contributed by atoms with van der Waals surface area (Å²) in [5.74, 6) is 0.890. The van der Waals surface area contributed by atoms with Gasteiger partial charge in [-0.2, -0.15) is 0 Å². The monoisotopic (exact) mass is 538 g/mol. The molecule has 1 atom stereocenters. The average molecular weight is 539 g/mol. The molecule has 38 heavy (non-hydrogen) atoms. The zero-order valence-electron chi connectivity index (χ0n) is 21.1. The topological polar surface area (TPSA) is 44.1 Å². The van der Waals surface area contributed by atoms with E-state index < -0.39 is 0 Å². The Kier molecular flexibility index (Phi) is 6.96. The van der Waals surface area contributed by atoms with Gasteiger partial charge in [-0.3, -0.25) is 4.98 Å². The fourth-order valence-electron chi connectivity index (χ4n) is 5.20. The molecule has 0 N–H and O–H groups in total. The summed E-state index contributed by atoms with van der Waals surface area (Å²) < 4.78 is 8.66. The number of carbonyl (C=O) groups excluding carboxylic acids is 1. The molecule has 0 radical (unpaired) electrons. The molecule has 0 amide bonds. The van der Waals surface area contributed by atoms with Gasteiger partial charge >= 0.3 is 0 Å². The number of benzene rings is 3. The van der Waals surface area contributed by atoms with E-state index in [1.165, 1.54) is 15.8 Å². The highest BCUT2D eigenvalue weighted by Gasteiger charge is 2.28. The quantitative estimate of drug-likeness (QED) is 0.189. The van der Waals surface area contributed by atoms with Crippen LogP contribution >= 0.6 is 23.4 Å². The van der Waals surface area contributed by atoms with Gasteiger partial charge in [-0.25, -0.2) is 0 Å². The highest BCUT2D eigenvalue weighted by molar-refractivity contribution is 8.00. The minimum atomic E-state index is 0.380. The number of rotatable bonds is 8. The van der Waals surface area contributed by atoms with Crippen LogP contribution in [0.2, 0.25) is 5.02 Å². The van der Waals surface area contributed by atoms with Gasteiger partial charge in [-0.1, -0.05) is 67.1 Å². The summed E-state index contributed by atoms with van der Waals surface area (Å²) in [4.78, 5) is 17.6. The average Bonchev–Trinajstić information content (AvgIpc) is 3.23. The predicted octanol–water partition coefficient (Wildman–Crippen LogP) is 7.76. The molecule has 3 aromatic carbocycles. The smallest absolute Gasteiger partial charge is 0.130 e. The highest BCUT2D eigenvalue weighted by Crippen LogP contribution is 2.47. The number of thioether (sulfide) groups is 1. The molecule has 0 spiro atoms. The van der Waals surface area contributed by atoms with Crippen LogP contribution in [-0.2, 0) is 30.8 Å². The van der Waals surface area contributed by atoms with Gasteiger partial charge in [0.15, 0.2) is 0 Å². The Morgan fingerprint density at radius 3 is 2.58 bits per heavy atom. The Morgan fingerprint density at radius 1 is 1.03 bits per heavy atom. The molecule has 1 aliphatic heterocycles. The van der Waals surface area contributed by atoms with Gasteiger partial charge in [0.1, 0.15) is 18.6 Å². The predicted molar refractivity (Wildman–Crippen MR) is 155 cm³/mol.